The van der Waals surface area contributed by atoms with E-state index in [4.69, 9.17) is 0 Å². The number of carbonyl (C=O) groups is 2. The summed E-state index contributed by atoms with van der Waals surface area (Å²) in [6.45, 7) is 15.8. The van der Waals surface area contributed by atoms with Crippen LogP contribution in [0.1, 0.15) is 106 Å². The fraction of sp³-hybridized carbons (Fsp3) is 0.867. The Kier molecular flexibility index (Phi) is 4.89. The molecule has 4 nitrogen and oxygen atoms in total. The molecule has 5 aliphatic carbocycles. The highest BCUT2D eigenvalue weighted by Gasteiger charge is 2.74. The summed E-state index contributed by atoms with van der Waals surface area (Å²) in [5, 5.41) is 23.2. The summed E-state index contributed by atoms with van der Waals surface area (Å²) in [7, 11) is 0. The molecule has 5 rings (SSSR count). The number of rotatable bonds is 1. The number of allylic oxidation sites excluding steroid dienone is 1. The second kappa shape index (κ2) is 6.78. The SMILES string of the molecule is CC1(C)CC[C@]2(C(=O)O)CC[C@]3(C)C(O)(C=CC4[C@@]5(C)CCC(=O)C(C)(C)C5CC[C@]43C)C2C1. The Bertz CT molecular complexity index is 963. The van der Waals surface area contributed by atoms with Gasteiger partial charge in [0.1, 0.15) is 5.78 Å². The highest BCUT2D eigenvalue weighted by molar-refractivity contribution is 5.85. The molecule has 0 aromatic rings. The van der Waals surface area contributed by atoms with Gasteiger partial charge in [-0.25, -0.2) is 0 Å². The summed E-state index contributed by atoms with van der Waals surface area (Å²) in [5.74, 6) is 0.0325. The van der Waals surface area contributed by atoms with Gasteiger partial charge in [0.05, 0.1) is 11.0 Å². The van der Waals surface area contributed by atoms with Gasteiger partial charge >= 0.3 is 5.97 Å². The lowest BCUT2D eigenvalue weighted by Gasteiger charge is -2.73. The van der Waals surface area contributed by atoms with Crippen LogP contribution in [0.5, 0.6) is 0 Å². The van der Waals surface area contributed by atoms with Crippen LogP contribution in [0.2, 0.25) is 0 Å². The van der Waals surface area contributed by atoms with E-state index in [1.165, 1.54) is 0 Å². The van der Waals surface area contributed by atoms with Crippen LogP contribution < -0.4 is 0 Å². The van der Waals surface area contributed by atoms with Gasteiger partial charge in [0.2, 0.25) is 0 Å². The minimum absolute atomic E-state index is 0.0123. The highest BCUT2D eigenvalue weighted by Crippen LogP contribution is 2.76. The lowest BCUT2D eigenvalue weighted by Crippen LogP contribution is -2.73. The second-order valence-electron chi connectivity index (χ2n) is 15.0. The van der Waals surface area contributed by atoms with E-state index in [9.17, 15) is 19.8 Å². The van der Waals surface area contributed by atoms with Crippen molar-refractivity contribution in [1.82, 2.24) is 0 Å². The topological polar surface area (TPSA) is 74.6 Å². The van der Waals surface area contributed by atoms with E-state index in [1.54, 1.807) is 0 Å². The molecule has 4 saturated carbocycles. The van der Waals surface area contributed by atoms with Crippen LogP contribution in [0, 0.1) is 50.2 Å². The molecule has 5 aliphatic rings. The average Bonchev–Trinajstić information content (AvgIpc) is 2.73. The number of carboxylic acid groups (broad SMARTS) is 1. The van der Waals surface area contributed by atoms with Gasteiger partial charge in [0.25, 0.3) is 0 Å². The molecule has 4 heteroatoms. The standard InChI is InChI=1S/C30H46O4/c1-24(2)14-16-29(23(32)33)17-15-28(7)27(6)12-8-19-25(3,4)22(31)10-11-26(19,5)20(27)9-13-30(28,34)21(29)18-24/h9,13,19-21,34H,8,10-12,14-18H2,1-7H3,(H,32,33)/t19?,20?,21?,26-,27+,28-,29-,30?/m0/s1. The predicted octanol–water partition coefficient (Wildman–Crippen LogP) is 6.41. The predicted molar refractivity (Wildman–Crippen MR) is 133 cm³/mol. The maximum absolute atomic E-state index is 12.9. The van der Waals surface area contributed by atoms with Crippen LogP contribution in [0.4, 0.5) is 0 Å². The van der Waals surface area contributed by atoms with Gasteiger partial charge in [-0.15, -0.1) is 0 Å². The smallest absolute Gasteiger partial charge is 0.310 e. The first-order valence-corrected chi connectivity index (χ1v) is 13.7. The van der Waals surface area contributed by atoms with Gasteiger partial charge in [-0.2, -0.15) is 0 Å². The minimum atomic E-state index is -1.13. The lowest BCUT2D eigenvalue weighted by molar-refractivity contribution is -0.266. The molecule has 0 spiro atoms. The summed E-state index contributed by atoms with van der Waals surface area (Å²) in [6.07, 6.45) is 11.6. The van der Waals surface area contributed by atoms with E-state index in [1.807, 2.05) is 0 Å². The molecule has 0 heterocycles. The van der Waals surface area contributed by atoms with Gasteiger partial charge in [-0.05, 0) is 79.4 Å². The van der Waals surface area contributed by atoms with Crippen LogP contribution in [-0.2, 0) is 9.59 Å². The zero-order valence-electron chi connectivity index (χ0n) is 22.5. The Morgan fingerprint density at radius 3 is 2.21 bits per heavy atom. The van der Waals surface area contributed by atoms with Gasteiger partial charge in [-0.3, -0.25) is 9.59 Å². The molecule has 4 unspecified atom stereocenters. The van der Waals surface area contributed by atoms with E-state index in [0.29, 0.717) is 31.0 Å². The molecule has 4 fully saturated rings. The van der Waals surface area contributed by atoms with Gasteiger partial charge in [0, 0.05) is 23.2 Å². The van der Waals surface area contributed by atoms with Crippen molar-refractivity contribution in [2.75, 3.05) is 0 Å². The fourth-order valence-electron chi connectivity index (χ4n) is 10.5. The number of aliphatic carboxylic acids is 1. The van der Waals surface area contributed by atoms with Gasteiger partial charge in [0.15, 0.2) is 0 Å². The molecule has 34 heavy (non-hydrogen) atoms. The normalized spacial score (nSPS) is 53.2. The molecule has 0 radical (unpaired) electrons. The first-order valence-electron chi connectivity index (χ1n) is 13.7. The number of aliphatic hydroxyl groups is 1. The van der Waals surface area contributed by atoms with Crippen LogP contribution in [0.25, 0.3) is 0 Å². The van der Waals surface area contributed by atoms with Crippen molar-refractivity contribution in [2.24, 2.45) is 50.2 Å². The molecule has 0 aromatic carbocycles. The Morgan fingerprint density at radius 2 is 1.56 bits per heavy atom. The van der Waals surface area contributed by atoms with Crippen molar-refractivity contribution in [1.29, 1.82) is 0 Å². The minimum Gasteiger partial charge on any atom is -0.481 e. The second-order valence-corrected chi connectivity index (χ2v) is 15.0. The quantitative estimate of drug-likeness (QED) is 0.434. The first kappa shape index (κ1) is 24.5. The number of carbonyl (C=O) groups excluding carboxylic acids is 1. The maximum Gasteiger partial charge on any atom is 0.310 e. The Balaban J connectivity index is 1.65. The fourth-order valence-corrected chi connectivity index (χ4v) is 10.5. The molecular formula is C30H46O4. The van der Waals surface area contributed by atoms with Crippen LogP contribution in [-0.4, -0.2) is 27.6 Å². The van der Waals surface area contributed by atoms with Crippen molar-refractivity contribution in [3.63, 3.8) is 0 Å². The van der Waals surface area contributed by atoms with E-state index >= 15 is 0 Å². The van der Waals surface area contributed by atoms with Crippen molar-refractivity contribution in [2.45, 2.75) is 112 Å². The van der Waals surface area contributed by atoms with Gasteiger partial charge < -0.3 is 10.2 Å². The largest absolute Gasteiger partial charge is 0.481 e. The molecule has 0 amide bonds. The number of hydrogen-bond donors (Lipinski definition) is 2. The van der Waals surface area contributed by atoms with Crippen molar-refractivity contribution >= 4 is 11.8 Å². The van der Waals surface area contributed by atoms with Crippen LogP contribution >= 0.6 is 0 Å². The molecule has 0 saturated heterocycles. The van der Waals surface area contributed by atoms with Crippen molar-refractivity contribution in [3.05, 3.63) is 12.2 Å². The molecule has 2 N–H and O–H groups in total. The summed E-state index contributed by atoms with van der Waals surface area (Å²) < 4.78 is 0. The third-order valence-corrected chi connectivity index (χ3v) is 13.0. The van der Waals surface area contributed by atoms with E-state index < -0.39 is 22.4 Å². The third-order valence-electron chi connectivity index (χ3n) is 13.0. The molecular weight excluding hydrogens is 424 g/mol. The third kappa shape index (κ3) is 2.65. The number of ketones is 1. The summed E-state index contributed by atoms with van der Waals surface area (Å²) in [4.78, 5) is 25.7. The van der Waals surface area contributed by atoms with E-state index in [-0.39, 0.29) is 33.5 Å². The lowest BCUT2D eigenvalue weighted by atomic mass is 9.31. The summed E-state index contributed by atoms with van der Waals surface area (Å²) in [6, 6.07) is 0. The maximum atomic E-state index is 12.9. The Hall–Kier alpha value is -1.16. The number of fused-ring (bicyclic) bond motifs is 7. The van der Waals surface area contributed by atoms with E-state index in [0.717, 1.165) is 38.5 Å². The molecule has 0 aliphatic heterocycles. The number of Topliss-reactive ketones (excluding diaryl/α,β-unsaturated/α-hetero) is 1. The van der Waals surface area contributed by atoms with Gasteiger partial charge in [-0.1, -0.05) is 60.6 Å². The summed E-state index contributed by atoms with van der Waals surface area (Å²) in [5.41, 5.74) is -2.76. The zero-order valence-corrected chi connectivity index (χ0v) is 22.5. The van der Waals surface area contributed by atoms with Crippen LogP contribution in [0.3, 0.4) is 0 Å². The van der Waals surface area contributed by atoms with Crippen molar-refractivity contribution < 1.29 is 19.8 Å². The summed E-state index contributed by atoms with van der Waals surface area (Å²) >= 11 is 0. The first-order chi connectivity index (χ1) is 15.5. The molecule has 0 aromatic heterocycles. The highest BCUT2D eigenvalue weighted by atomic mass is 16.4. The monoisotopic (exact) mass is 470 g/mol. The van der Waals surface area contributed by atoms with Crippen LogP contribution in [0.15, 0.2) is 12.2 Å². The average molecular weight is 471 g/mol. The number of carboxylic acids is 1. The Labute approximate surface area is 206 Å². The molecule has 8 atom stereocenters. The number of hydrogen-bond acceptors (Lipinski definition) is 3. The molecule has 0 bridgehead atoms. The Morgan fingerprint density at radius 1 is 0.912 bits per heavy atom. The van der Waals surface area contributed by atoms with Crippen molar-refractivity contribution in [3.8, 4) is 0 Å². The van der Waals surface area contributed by atoms with E-state index in [2.05, 4.69) is 60.6 Å². The molecule has 190 valence electrons. The zero-order chi connectivity index (χ0) is 25.2.